The number of benzene rings is 2. The van der Waals surface area contributed by atoms with Crippen molar-refractivity contribution in [1.82, 2.24) is 14.1 Å². The van der Waals surface area contributed by atoms with Gasteiger partial charge in [-0.15, -0.1) is 0 Å². The van der Waals surface area contributed by atoms with E-state index in [0.717, 1.165) is 31.4 Å². The molecule has 216 valence electrons. The summed E-state index contributed by atoms with van der Waals surface area (Å²) in [5.41, 5.74) is -0.561. The first-order chi connectivity index (χ1) is 18.8. The summed E-state index contributed by atoms with van der Waals surface area (Å²) in [5.74, 6) is -0.392. The molecular weight excluding hydrogens is 547 g/mol. The molecule has 0 unspecified atom stereocenters. The van der Waals surface area contributed by atoms with Crippen molar-refractivity contribution < 1.29 is 36.2 Å². The van der Waals surface area contributed by atoms with Gasteiger partial charge in [0.25, 0.3) is 0 Å². The Hall–Kier alpha value is -3.12. The number of aromatic nitrogens is 2. The van der Waals surface area contributed by atoms with E-state index in [1.807, 2.05) is 13.8 Å². The van der Waals surface area contributed by atoms with Crippen LogP contribution >= 0.6 is 0 Å². The topological polar surface area (TPSA) is 102 Å². The molecule has 1 N–H and O–H groups in total. The highest BCUT2D eigenvalue weighted by Crippen LogP contribution is 2.42. The van der Waals surface area contributed by atoms with Crippen molar-refractivity contribution in [3.63, 3.8) is 0 Å². The fraction of sp³-hybridized carbons (Fsp3) is 0.500. The standard InChI is InChI=1S/C28H32F3N3O5S/c1-17(2)39-21-7-9-22(10-8-21)40(37,38)33-15-19(12-18-4-3-5-18)26(16-33)34-25-13-20(28(29,30)31)6-11-23(25)24(32-34)14-27(35)36/h6-11,13,17-19,26H,3-5,12,14-16H2,1-2H3,(H,35,36)/t19-,26+/m1/s1. The van der Waals surface area contributed by atoms with Crippen LogP contribution in [0.4, 0.5) is 13.2 Å². The van der Waals surface area contributed by atoms with Crippen LogP contribution in [0.25, 0.3) is 10.9 Å². The molecule has 8 nitrogen and oxygen atoms in total. The second-order valence-electron chi connectivity index (χ2n) is 11.0. The molecule has 1 saturated heterocycles. The fourth-order valence-corrected chi connectivity index (χ4v) is 7.21. The maximum absolute atomic E-state index is 13.7. The highest BCUT2D eigenvalue weighted by molar-refractivity contribution is 7.89. The van der Waals surface area contributed by atoms with Gasteiger partial charge in [-0.1, -0.05) is 25.3 Å². The first-order valence-electron chi connectivity index (χ1n) is 13.4. The predicted molar refractivity (Wildman–Crippen MR) is 142 cm³/mol. The first kappa shape index (κ1) is 28.4. The van der Waals surface area contributed by atoms with E-state index in [9.17, 15) is 31.5 Å². The van der Waals surface area contributed by atoms with Crippen LogP contribution in [-0.2, 0) is 27.4 Å². The number of carbonyl (C=O) groups is 1. The summed E-state index contributed by atoms with van der Waals surface area (Å²) in [4.78, 5) is 11.6. The molecule has 1 aromatic heterocycles. The molecule has 2 fully saturated rings. The summed E-state index contributed by atoms with van der Waals surface area (Å²) >= 11 is 0. The van der Waals surface area contributed by atoms with E-state index in [-0.39, 0.29) is 41.2 Å². The Kier molecular flexibility index (Phi) is 7.60. The Balaban J connectivity index is 1.53. The summed E-state index contributed by atoms with van der Waals surface area (Å²) < 4.78 is 76.7. The molecule has 2 aliphatic rings. The van der Waals surface area contributed by atoms with E-state index in [1.54, 1.807) is 12.1 Å². The van der Waals surface area contributed by atoms with Crippen LogP contribution in [0.1, 0.15) is 56.8 Å². The van der Waals surface area contributed by atoms with Gasteiger partial charge < -0.3 is 9.84 Å². The Morgan fingerprint density at radius 1 is 1.12 bits per heavy atom. The number of nitrogens with zero attached hydrogens (tertiary/aromatic N) is 3. The monoisotopic (exact) mass is 579 g/mol. The summed E-state index contributed by atoms with van der Waals surface area (Å²) in [5, 5.41) is 14.2. The summed E-state index contributed by atoms with van der Waals surface area (Å²) in [6, 6.07) is 8.80. The SMILES string of the molecule is CC(C)Oc1ccc(S(=O)(=O)N2C[C@@H](CC3CCC3)[C@@H](n3nc(CC(=O)O)c4ccc(C(F)(F)F)cc43)C2)cc1. The minimum atomic E-state index is -4.60. The van der Waals surface area contributed by atoms with Gasteiger partial charge in [0.2, 0.25) is 10.0 Å². The zero-order valence-electron chi connectivity index (χ0n) is 22.3. The second-order valence-corrected chi connectivity index (χ2v) is 12.9. The average molecular weight is 580 g/mol. The van der Waals surface area contributed by atoms with Crippen molar-refractivity contribution in [2.75, 3.05) is 13.1 Å². The number of carboxylic acid groups (broad SMARTS) is 1. The normalized spacial score (nSPS) is 20.8. The number of halogens is 3. The number of fused-ring (bicyclic) bond motifs is 1. The minimum Gasteiger partial charge on any atom is -0.491 e. The quantitative estimate of drug-likeness (QED) is 0.358. The van der Waals surface area contributed by atoms with Gasteiger partial charge in [-0.25, -0.2) is 8.42 Å². The lowest BCUT2D eigenvalue weighted by atomic mass is 9.78. The van der Waals surface area contributed by atoms with Crippen LogP contribution < -0.4 is 4.74 Å². The lowest BCUT2D eigenvalue weighted by Crippen LogP contribution is -2.29. The number of ether oxygens (including phenoxy) is 1. The highest BCUT2D eigenvalue weighted by atomic mass is 32.2. The van der Waals surface area contributed by atoms with Crippen LogP contribution in [-0.4, -0.2) is 52.8 Å². The van der Waals surface area contributed by atoms with Crippen LogP contribution in [0, 0.1) is 11.8 Å². The molecule has 12 heteroatoms. The number of aliphatic carboxylic acids is 1. The Morgan fingerprint density at radius 3 is 2.40 bits per heavy atom. The maximum atomic E-state index is 13.7. The van der Waals surface area contributed by atoms with Crippen LogP contribution in [0.15, 0.2) is 47.4 Å². The second kappa shape index (κ2) is 10.7. The Bertz CT molecular complexity index is 1500. The molecule has 1 saturated carbocycles. The van der Waals surface area contributed by atoms with Gasteiger partial charge >= 0.3 is 12.1 Å². The first-order valence-corrected chi connectivity index (χ1v) is 14.8. The number of rotatable bonds is 9. The van der Waals surface area contributed by atoms with E-state index >= 15 is 0 Å². The lowest BCUT2D eigenvalue weighted by Gasteiger charge is -2.30. The number of hydrogen-bond acceptors (Lipinski definition) is 5. The van der Waals surface area contributed by atoms with Crippen molar-refractivity contribution in [1.29, 1.82) is 0 Å². The number of alkyl halides is 3. The van der Waals surface area contributed by atoms with Crippen LogP contribution in [0.2, 0.25) is 0 Å². The van der Waals surface area contributed by atoms with Crippen LogP contribution in [0.3, 0.4) is 0 Å². The number of carboxylic acids is 1. The fourth-order valence-electron chi connectivity index (χ4n) is 5.69. The molecule has 1 aliphatic heterocycles. The molecule has 2 aromatic carbocycles. The van der Waals surface area contributed by atoms with Crippen molar-refractivity contribution in [2.45, 2.75) is 69.2 Å². The molecule has 40 heavy (non-hydrogen) atoms. The van der Waals surface area contributed by atoms with E-state index in [1.165, 1.54) is 27.2 Å². The predicted octanol–water partition coefficient (Wildman–Crippen LogP) is 5.52. The summed E-state index contributed by atoms with van der Waals surface area (Å²) in [6.45, 7) is 3.96. The van der Waals surface area contributed by atoms with E-state index in [2.05, 4.69) is 5.10 Å². The smallest absolute Gasteiger partial charge is 0.416 e. The molecule has 5 rings (SSSR count). The van der Waals surface area contributed by atoms with E-state index in [4.69, 9.17) is 4.74 Å². The van der Waals surface area contributed by atoms with Gasteiger partial charge in [-0.05, 0) is 68.5 Å². The molecule has 0 amide bonds. The maximum Gasteiger partial charge on any atom is 0.416 e. The molecule has 2 heterocycles. The van der Waals surface area contributed by atoms with Crippen molar-refractivity contribution in [3.05, 3.63) is 53.7 Å². The number of hydrogen-bond donors (Lipinski definition) is 1. The van der Waals surface area contributed by atoms with Gasteiger partial charge in [0, 0.05) is 18.5 Å². The third-order valence-electron chi connectivity index (χ3n) is 7.81. The molecule has 3 aromatic rings. The summed E-state index contributed by atoms with van der Waals surface area (Å²) in [6.07, 6.45) is -1.27. The van der Waals surface area contributed by atoms with E-state index < -0.39 is 40.2 Å². The zero-order valence-corrected chi connectivity index (χ0v) is 23.1. The third-order valence-corrected chi connectivity index (χ3v) is 9.66. The lowest BCUT2D eigenvalue weighted by molar-refractivity contribution is -0.138. The largest absolute Gasteiger partial charge is 0.491 e. The van der Waals surface area contributed by atoms with Gasteiger partial charge in [0.15, 0.2) is 0 Å². The highest BCUT2D eigenvalue weighted by Gasteiger charge is 2.43. The Morgan fingerprint density at radius 2 is 1.82 bits per heavy atom. The Labute approximate surface area is 230 Å². The molecule has 0 spiro atoms. The number of sulfonamides is 1. The van der Waals surface area contributed by atoms with Gasteiger partial charge in [0.05, 0.1) is 40.2 Å². The van der Waals surface area contributed by atoms with Gasteiger partial charge in [0.1, 0.15) is 5.75 Å². The average Bonchev–Trinajstić information content (AvgIpc) is 3.42. The van der Waals surface area contributed by atoms with Gasteiger partial charge in [-0.3, -0.25) is 9.48 Å². The van der Waals surface area contributed by atoms with Crippen LogP contribution in [0.5, 0.6) is 5.75 Å². The molecule has 0 radical (unpaired) electrons. The molecule has 0 bridgehead atoms. The zero-order chi connectivity index (χ0) is 28.8. The van der Waals surface area contributed by atoms with E-state index in [0.29, 0.717) is 23.5 Å². The molecule has 2 atom stereocenters. The van der Waals surface area contributed by atoms with Crippen molar-refractivity contribution >= 4 is 26.9 Å². The van der Waals surface area contributed by atoms with Crippen molar-refractivity contribution in [2.24, 2.45) is 11.8 Å². The van der Waals surface area contributed by atoms with Crippen molar-refractivity contribution in [3.8, 4) is 5.75 Å². The third kappa shape index (κ3) is 5.69. The molecule has 1 aliphatic carbocycles. The van der Waals surface area contributed by atoms with Gasteiger partial charge in [-0.2, -0.15) is 22.6 Å². The minimum absolute atomic E-state index is 0.0174. The molecular formula is C28H32F3N3O5S. The summed E-state index contributed by atoms with van der Waals surface area (Å²) in [7, 11) is -3.92.